The van der Waals surface area contributed by atoms with Crippen molar-refractivity contribution in [3.63, 3.8) is 0 Å². The van der Waals surface area contributed by atoms with E-state index < -0.39 is 18.1 Å². The minimum Gasteiger partial charge on any atom is -0.465 e. The Morgan fingerprint density at radius 2 is 1.92 bits per heavy atom. The van der Waals surface area contributed by atoms with E-state index in [1.165, 1.54) is 0 Å². The molecule has 0 amide bonds. The number of aliphatic hydroxyl groups excluding tert-OH is 2. The highest BCUT2D eigenvalue weighted by molar-refractivity contribution is 5.75. The Kier molecular flexibility index (Phi) is 1.81. The number of rotatable bonds is 0. The molecule has 2 rings (SSSR count). The van der Waals surface area contributed by atoms with Gasteiger partial charge in [-0.2, -0.15) is 0 Å². The largest absolute Gasteiger partial charge is 0.465 e. The Hall–Kier alpha value is -0.610. The fourth-order valence-electron chi connectivity index (χ4n) is 2.08. The minimum atomic E-state index is -0.617. The van der Waals surface area contributed by atoms with Gasteiger partial charge in [-0.3, -0.25) is 4.79 Å². The summed E-state index contributed by atoms with van der Waals surface area (Å²) in [5.41, 5.74) is 0. The fraction of sp³-hybridized carbons (Fsp3) is 0.875. The Morgan fingerprint density at radius 1 is 1.25 bits per heavy atom. The number of carbonyl (C=O) groups is 1. The van der Waals surface area contributed by atoms with Gasteiger partial charge in [0.2, 0.25) is 0 Å². The summed E-state index contributed by atoms with van der Waals surface area (Å²) in [7, 11) is 0. The predicted molar refractivity (Wildman–Crippen MR) is 39.2 cm³/mol. The Labute approximate surface area is 70.1 Å². The van der Waals surface area contributed by atoms with Crippen molar-refractivity contribution in [1.29, 1.82) is 0 Å². The molecule has 2 aliphatic rings. The molecule has 1 aliphatic carbocycles. The second-order valence-corrected chi connectivity index (χ2v) is 3.53. The van der Waals surface area contributed by atoms with E-state index in [0.717, 1.165) is 0 Å². The lowest BCUT2D eigenvalue weighted by atomic mass is 9.77. The van der Waals surface area contributed by atoms with E-state index in [1.54, 1.807) is 0 Å². The van der Waals surface area contributed by atoms with Gasteiger partial charge in [0.25, 0.3) is 0 Å². The summed E-state index contributed by atoms with van der Waals surface area (Å²) < 4.78 is 4.78. The van der Waals surface area contributed by atoms with Crippen LogP contribution in [0.4, 0.5) is 0 Å². The fourth-order valence-corrected chi connectivity index (χ4v) is 2.08. The molecule has 0 aromatic heterocycles. The number of aliphatic hydroxyl groups is 2. The third-order valence-corrected chi connectivity index (χ3v) is 2.82. The van der Waals surface area contributed by atoms with Crippen LogP contribution in [-0.4, -0.2) is 35.0 Å². The molecule has 0 aromatic carbocycles. The van der Waals surface area contributed by atoms with Crippen molar-refractivity contribution in [3.8, 4) is 0 Å². The molecule has 1 aliphatic heterocycles. The monoisotopic (exact) mass is 172 g/mol. The maximum absolute atomic E-state index is 11.1. The highest BCUT2D eigenvalue weighted by Gasteiger charge is 2.47. The minimum absolute atomic E-state index is 0.179. The Morgan fingerprint density at radius 3 is 2.58 bits per heavy atom. The molecule has 2 N–H and O–H groups in total. The van der Waals surface area contributed by atoms with E-state index in [1.807, 2.05) is 0 Å². The average molecular weight is 172 g/mol. The molecule has 2 fully saturated rings. The number of fused-ring (bicyclic) bond motifs is 1. The van der Waals surface area contributed by atoms with Crippen LogP contribution in [0.3, 0.4) is 0 Å². The van der Waals surface area contributed by atoms with Crippen LogP contribution in [-0.2, 0) is 9.53 Å². The second-order valence-electron chi connectivity index (χ2n) is 3.53. The quantitative estimate of drug-likeness (QED) is 0.474. The van der Waals surface area contributed by atoms with Crippen molar-refractivity contribution in [2.45, 2.75) is 25.0 Å². The molecular weight excluding hydrogens is 160 g/mol. The number of hydrogen-bond acceptors (Lipinski definition) is 4. The molecule has 4 nitrogen and oxygen atoms in total. The van der Waals surface area contributed by atoms with Gasteiger partial charge in [-0.05, 0) is 12.8 Å². The maximum Gasteiger partial charge on any atom is 0.312 e. The van der Waals surface area contributed by atoms with E-state index in [9.17, 15) is 15.0 Å². The third kappa shape index (κ3) is 1.03. The van der Waals surface area contributed by atoms with Crippen LogP contribution in [0.5, 0.6) is 0 Å². The number of esters is 1. The lowest BCUT2D eigenvalue weighted by Crippen LogP contribution is -2.41. The first-order chi connectivity index (χ1) is 5.70. The highest BCUT2D eigenvalue weighted by atomic mass is 16.5. The van der Waals surface area contributed by atoms with Crippen molar-refractivity contribution >= 4 is 5.97 Å². The summed E-state index contributed by atoms with van der Waals surface area (Å²) in [4.78, 5) is 11.1. The number of carbonyl (C=O) groups excluding carboxylic acids is 1. The SMILES string of the molecule is O=C1OC[C@@H]2[C@H]1[C@H](O)CC[C@@H]2O. The molecule has 0 unspecified atom stereocenters. The number of hydrogen-bond donors (Lipinski definition) is 2. The van der Waals surface area contributed by atoms with E-state index in [0.29, 0.717) is 12.8 Å². The summed E-state index contributed by atoms with van der Waals surface area (Å²) >= 11 is 0. The number of ether oxygens (including phenoxy) is 1. The third-order valence-electron chi connectivity index (χ3n) is 2.82. The zero-order valence-corrected chi connectivity index (χ0v) is 6.64. The van der Waals surface area contributed by atoms with Crippen molar-refractivity contribution in [1.82, 2.24) is 0 Å². The normalized spacial score (nSPS) is 47.0. The number of cyclic esters (lactones) is 1. The predicted octanol–water partition coefficient (Wildman–Crippen LogP) is -0.709. The molecule has 12 heavy (non-hydrogen) atoms. The van der Waals surface area contributed by atoms with Gasteiger partial charge in [0.15, 0.2) is 0 Å². The summed E-state index contributed by atoms with van der Waals surface area (Å²) in [6.07, 6.45) is -0.0330. The lowest BCUT2D eigenvalue weighted by molar-refractivity contribution is -0.145. The van der Waals surface area contributed by atoms with Crippen LogP contribution >= 0.6 is 0 Å². The first-order valence-electron chi connectivity index (χ1n) is 4.23. The molecule has 4 heteroatoms. The first kappa shape index (κ1) is 8.01. The average Bonchev–Trinajstić information content (AvgIpc) is 2.42. The maximum atomic E-state index is 11.1. The van der Waals surface area contributed by atoms with Gasteiger partial charge in [0.05, 0.1) is 24.7 Å². The van der Waals surface area contributed by atoms with E-state index in [4.69, 9.17) is 4.74 Å². The zero-order valence-electron chi connectivity index (χ0n) is 6.64. The lowest BCUT2D eigenvalue weighted by Gasteiger charge is -2.30. The molecule has 1 saturated heterocycles. The molecule has 1 heterocycles. The van der Waals surface area contributed by atoms with E-state index >= 15 is 0 Å². The van der Waals surface area contributed by atoms with Gasteiger partial charge in [-0.1, -0.05) is 0 Å². The van der Waals surface area contributed by atoms with Crippen LogP contribution in [0, 0.1) is 11.8 Å². The first-order valence-corrected chi connectivity index (χ1v) is 4.23. The van der Waals surface area contributed by atoms with Crippen LogP contribution in [0.2, 0.25) is 0 Å². The molecule has 4 atom stereocenters. The van der Waals surface area contributed by atoms with Gasteiger partial charge in [-0.25, -0.2) is 0 Å². The summed E-state index contributed by atoms with van der Waals surface area (Å²) in [6.45, 7) is 0.266. The second kappa shape index (κ2) is 2.71. The molecule has 1 saturated carbocycles. The summed E-state index contributed by atoms with van der Waals surface area (Å²) in [5, 5.41) is 18.9. The molecular formula is C8H12O4. The molecule has 0 aromatic rings. The highest BCUT2D eigenvalue weighted by Crippen LogP contribution is 2.35. The van der Waals surface area contributed by atoms with Gasteiger partial charge < -0.3 is 14.9 Å². The van der Waals surface area contributed by atoms with Gasteiger partial charge >= 0.3 is 5.97 Å². The zero-order chi connectivity index (χ0) is 8.72. The molecule has 0 bridgehead atoms. The van der Waals surface area contributed by atoms with Crippen molar-refractivity contribution in [3.05, 3.63) is 0 Å². The van der Waals surface area contributed by atoms with Crippen LogP contribution in [0.25, 0.3) is 0 Å². The molecule has 0 spiro atoms. The van der Waals surface area contributed by atoms with Gasteiger partial charge in [0.1, 0.15) is 0 Å². The summed E-state index contributed by atoms with van der Waals surface area (Å²) in [6, 6.07) is 0. The van der Waals surface area contributed by atoms with Gasteiger partial charge in [-0.15, -0.1) is 0 Å². The smallest absolute Gasteiger partial charge is 0.312 e. The molecule has 0 radical (unpaired) electrons. The molecule has 68 valence electrons. The summed E-state index contributed by atoms with van der Waals surface area (Å²) in [5.74, 6) is -1.01. The van der Waals surface area contributed by atoms with Crippen LogP contribution in [0.15, 0.2) is 0 Å². The topological polar surface area (TPSA) is 66.8 Å². The van der Waals surface area contributed by atoms with Crippen molar-refractivity contribution < 1.29 is 19.7 Å². The van der Waals surface area contributed by atoms with Crippen LogP contribution in [0.1, 0.15) is 12.8 Å². The van der Waals surface area contributed by atoms with E-state index in [-0.39, 0.29) is 18.5 Å². The van der Waals surface area contributed by atoms with E-state index in [2.05, 4.69) is 0 Å². The van der Waals surface area contributed by atoms with Crippen LogP contribution < -0.4 is 0 Å². The Balaban J connectivity index is 2.18. The van der Waals surface area contributed by atoms with Crippen molar-refractivity contribution in [2.24, 2.45) is 11.8 Å². The Bertz CT molecular complexity index is 203. The van der Waals surface area contributed by atoms with Gasteiger partial charge in [0, 0.05) is 5.92 Å². The van der Waals surface area contributed by atoms with Crippen molar-refractivity contribution in [2.75, 3.05) is 6.61 Å². The standard InChI is InChI=1S/C8H12O4/c9-5-1-2-6(10)7-4(5)3-12-8(7)11/h4-7,9-10H,1-3H2/t4-,5-,6+,7-/m0/s1.